The zero-order valence-corrected chi connectivity index (χ0v) is 11.8. The molecule has 0 spiro atoms. The van der Waals surface area contributed by atoms with E-state index >= 15 is 0 Å². The van der Waals surface area contributed by atoms with E-state index in [-0.39, 0.29) is 12.1 Å². The lowest BCUT2D eigenvalue weighted by Gasteiger charge is -2.26. The third-order valence-electron chi connectivity index (χ3n) is 4.40. The van der Waals surface area contributed by atoms with Gasteiger partial charge in [-0.15, -0.1) is 0 Å². The summed E-state index contributed by atoms with van der Waals surface area (Å²) in [6.07, 6.45) is 1.46. The Labute approximate surface area is 120 Å². The molecule has 3 rings (SSSR count). The molecule has 0 aromatic heterocycles. The van der Waals surface area contributed by atoms with E-state index in [0.717, 1.165) is 12.8 Å². The van der Waals surface area contributed by atoms with Crippen molar-refractivity contribution < 1.29 is 5.11 Å². The number of benzene rings is 2. The van der Waals surface area contributed by atoms with E-state index in [4.69, 9.17) is 0 Å². The van der Waals surface area contributed by atoms with Gasteiger partial charge >= 0.3 is 0 Å². The van der Waals surface area contributed by atoms with E-state index in [9.17, 15) is 5.11 Å². The molecule has 0 saturated carbocycles. The summed E-state index contributed by atoms with van der Waals surface area (Å²) in [7, 11) is 2.13. The van der Waals surface area contributed by atoms with Crippen molar-refractivity contribution in [2.45, 2.75) is 31.0 Å². The van der Waals surface area contributed by atoms with Crippen LogP contribution >= 0.6 is 0 Å². The van der Waals surface area contributed by atoms with Crippen LogP contribution in [-0.2, 0) is 6.42 Å². The van der Waals surface area contributed by atoms with E-state index < -0.39 is 0 Å². The molecule has 1 aliphatic heterocycles. The second kappa shape index (κ2) is 5.78. The molecule has 2 aromatic rings. The predicted octanol–water partition coefficient (Wildman–Crippen LogP) is 3.04. The average molecular weight is 267 g/mol. The number of aliphatic hydroxyl groups is 1. The van der Waals surface area contributed by atoms with Crippen LogP contribution in [0.3, 0.4) is 0 Å². The number of nitrogens with zero attached hydrogens (tertiary/aromatic N) is 1. The van der Waals surface area contributed by atoms with E-state index in [1.807, 2.05) is 12.1 Å². The first-order chi connectivity index (χ1) is 9.75. The van der Waals surface area contributed by atoms with Crippen molar-refractivity contribution in [3.8, 4) is 0 Å². The van der Waals surface area contributed by atoms with Gasteiger partial charge in [0.2, 0.25) is 0 Å². The van der Waals surface area contributed by atoms with Crippen molar-refractivity contribution >= 4 is 0 Å². The molecular weight excluding hydrogens is 246 g/mol. The predicted molar refractivity (Wildman–Crippen MR) is 81.5 cm³/mol. The van der Waals surface area contributed by atoms with Crippen LogP contribution in [0.1, 0.15) is 23.6 Å². The Morgan fingerprint density at radius 1 is 1.00 bits per heavy atom. The summed E-state index contributed by atoms with van der Waals surface area (Å²) in [6.45, 7) is 0. The van der Waals surface area contributed by atoms with Gasteiger partial charge in [0.05, 0.1) is 6.10 Å². The fourth-order valence-corrected chi connectivity index (χ4v) is 3.24. The van der Waals surface area contributed by atoms with Crippen LogP contribution < -0.4 is 0 Å². The highest BCUT2D eigenvalue weighted by Crippen LogP contribution is 2.36. The van der Waals surface area contributed by atoms with Crippen molar-refractivity contribution in [3.05, 3.63) is 71.8 Å². The largest absolute Gasteiger partial charge is 0.391 e. The van der Waals surface area contributed by atoms with Crippen molar-refractivity contribution in [1.82, 2.24) is 4.90 Å². The van der Waals surface area contributed by atoms with Gasteiger partial charge in [0.15, 0.2) is 0 Å². The summed E-state index contributed by atoms with van der Waals surface area (Å²) in [5, 5.41) is 10.4. The summed E-state index contributed by atoms with van der Waals surface area (Å²) in [5.41, 5.74) is 2.58. The van der Waals surface area contributed by atoms with Gasteiger partial charge in [0.1, 0.15) is 0 Å². The van der Waals surface area contributed by atoms with Gasteiger partial charge < -0.3 is 5.11 Å². The molecule has 0 bridgehead atoms. The first kappa shape index (κ1) is 13.3. The molecule has 2 nitrogen and oxygen atoms in total. The maximum atomic E-state index is 10.4. The molecule has 104 valence electrons. The van der Waals surface area contributed by atoms with E-state index in [0.29, 0.717) is 6.04 Å². The van der Waals surface area contributed by atoms with Crippen molar-refractivity contribution in [1.29, 1.82) is 0 Å². The van der Waals surface area contributed by atoms with Gasteiger partial charge in [-0.1, -0.05) is 60.7 Å². The van der Waals surface area contributed by atoms with Crippen molar-refractivity contribution in [3.63, 3.8) is 0 Å². The number of aliphatic hydroxyl groups excluding tert-OH is 1. The van der Waals surface area contributed by atoms with Crippen LogP contribution in [0.4, 0.5) is 0 Å². The molecule has 3 atom stereocenters. The summed E-state index contributed by atoms with van der Waals surface area (Å²) in [4.78, 5) is 2.33. The molecule has 0 unspecified atom stereocenters. The maximum Gasteiger partial charge on any atom is 0.0716 e. The van der Waals surface area contributed by atoms with Crippen LogP contribution in [0.25, 0.3) is 0 Å². The first-order valence-electron chi connectivity index (χ1n) is 7.24. The number of hydrogen-bond donors (Lipinski definition) is 1. The Bertz CT molecular complexity index is 540. The van der Waals surface area contributed by atoms with Gasteiger partial charge in [0.25, 0.3) is 0 Å². The second-order valence-electron chi connectivity index (χ2n) is 5.65. The summed E-state index contributed by atoms with van der Waals surface area (Å²) in [5.74, 6) is 0. The Morgan fingerprint density at radius 3 is 2.25 bits per heavy atom. The SMILES string of the molecule is CN1[C@@H](c2ccccc2)C[C@@H](O)[C@H]1Cc1ccccc1. The van der Waals surface area contributed by atoms with E-state index in [2.05, 4.69) is 60.5 Å². The fourth-order valence-electron chi connectivity index (χ4n) is 3.24. The van der Waals surface area contributed by atoms with Crippen LogP contribution in [-0.4, -0.2) is 29.2 Å². The molecule has 2 aromatic carbocycles. The summed E-state index contributed by atoms with van der Waals surface area (Å²) in [6, 6.07) is 21.4. The van der Waals surface area contributed by atoms with Crippen molar-refractivity contribution in [2.24, 2.45) is 0 Å². The van der Waals surface area contributed by atoms with Gasteiger partial charge in [-0.3, -0.25) is 4.90 Å². The fraction of sp³-hybridized carbons (Fsp3) is 0.333. The second-order valence-corrected chi connectivity index (χ2v) is 5.65. The van der Waals surface area contributed by atoms with Crippen LogP contribution in [0, 0.1) is 0 Å². The quantitative estimate of drug-likeness (QED) is 0.924. The van der Waals surface area contributed by atoms with E-state index in [1.54, 1.807) is 0 Å². The first-order valence-corrected chi connectivity index (χ1v) is 7.24. The monoisotopic (exact) mass is 267 g/mol. The topological polar surface area (TPSA) is 23.5 Å². The van der Waals surface area contributed by atoms with Crippen LogP contribution in [0.2, 0.25) is 0 Å². The third-order valence-corrected chi connectivity index (χ3v) is 4.40. The van der Waals surface area contributed by atoms with E-state index in [1.165, 1.54) is 11.1 Å². The average Bonchev–Trinajstić information content (AvgIpc) is 2.77. The maximum absolute atomic E-state index is 10.4. The smallest absolute Gasteiger partial charge is 0.0716 e. The molecule has 1 fully saturated rings. The molecule has 0 aliphatic carbocycles. The molecule has 1 heterocycles. The van der Waals surface area contributed by atoms with Crippen LogP contribution in [0.15, 0.2) is 60.7 Å². The third kappa shape index (κ3) is 2.62. The minimum Gasteiger partial charge on any atom is -0.391 e. The van der Waals surface area contributed by atoms with Gasteiger partial charge in [0, 0.05) is 12.1 Å². The molecule has 1 saturated heterocycles. The summed E-state index contributed by atoms with van der Waals surface area (Å²) >= 11 is 0. The lowest BCUT2D eigenvalue weighted by molar-refractivity contribution is 0.123. The molecule has 2 heteroatoms. The van der Waals surface area contributed by atoms with Gasteiger partial charge in [-0.25, -0.2) is 0 Å². The highest BCUT2D eigenvalue weighted by Gasteiger charge is 2.38. The molecule has 0 radical (unpaired) electrons. The lowest BCUT2D eigenvalue weighted by Crippen LogP contribution is -2.35. The minimum atomic E-state index is -0.259. The summed E-state index contributed by atoms with van der Waals surface area (Å²) < 4.78 is 0. The molecular formula is C18H21NO. The van der Waals surface area contributed by atoms with Crippen molar-refractivity contribution in [2.75, 3.05) is 7.05 Å². The molecule has 0 amide bonds. The van der Waals surface area contributed by atoms with Gasteiger partial charge in [-0.2, -0.15) is 0 Å². The number of likely N-dealkylation sites (N-methyl/N-ethyl adjacent to an activating group) is 1. The minimum absolute atomic E-state index is 0.197. The molecule has 1 aliphatic rings. The molecule has 20 heavy (non-hydrogen) atoms. The Balaban J connectivity index is 1.77. The van der Waals surface area contributed by atoms with Gasteiger partial charge in [-0.05, 0) is 31.0 Å². The highest BCUT2D eigenvalue weighted by molar-refractivity contribution is 5.23. The Morgan fingerprint density at radius 2 is 1.60 bits per heavy atom. The zero-order valence-electron chi connectivity index (χ0n) is 11.8. The Hall–Kier alpha value is -1.64. The Kier molecular flexibility index (Phi) is 3.86. The number of rotatable bonds is 3. The molecule has 1 N–H and O–H groups in total. The lowest BCUT2D eigenvalue weighted by atomic mass is 10.0. The standard InChI is InChI=1S/C18H21NO/c1-19-16(15-10-6-3-7-11-15)13-18(20)17(19)12-14-8-4-2-5-9-14/h2-11,16-18,20H,12-13H2,1H3/t16-,17-,18-/m1/s1. The highest BCUT2D eigenvalue weighted by atomic mass is 16.3. The zero-order chi connectivity index (χ0) is 13.9. The van der Waals surface area contributed by atoms with Crippen LogP contribution in [0.5, 0.6) is 0 Å². The normalized spacial score (nSPS) is 26.8. The number of likely N-dealkylation sites (tertiary alicyclic amines) is 1. The number of hydrogen-bond acceptors (Lipinski definition) is 2.